The Bertz CT molecular complexity index is 1820. The third kappa shape index (κ3) is 3.95. The first-order valence-corrected chi connectivity index (χ1v) is 13.8. The summed E-state index contributed by atoms with van der Waals surface area (Å²) in [6, 6.07) is 25.7. The molecule has 0 aromatic heterocycles. The largest absolute Gasteiger partial charge is 0.507 e. The van der Waals surface area contributed by atoms with E-state index in [2.05, 4.69) is 20.5 Å². The summed E-state index contributed by atoms with van der Waals surface area (Å²) >= 11 is 13.4. The van der Waals surface area contributed by atoms with Gasteiger partial charge < -0.3 is 19.3 Å². The van der Waals surface area contributed by atoms with Crippen LogP contribution >= 0.6 is 23.2 Å². The van der Waals surface area contributed by atoms with E-state index in [0.717, 1.165) is 11.1 Å². The molecule has 4 aromatic carbocycles. The number of fused-ring (bicyclic) bond motifs is 6. The molecule has 0 saturated heterocycles. The van der Waals surface area contributed by atoms with E-state index in [1.807, 2.05) is 60.7 Å². The first kappa shape index (κ1) is 25.0. The van der Waals surface area contributed by atoms with Crippen molar-refractivity contribution in [2.75, 3.05) is 10.0 Å². The fraction of sp³-hybridized carbons (Fsp3) is 0.100. The van der Waals surface area contributed by atoms with E-state index in [1.54, 1.807) is 34.4 Å². The Morgan fingerprint density at radius 3 is 2.14 bits per heavy atom. The zero-order chi connectivity index (χ0) is 28.4. The van der Waals surface area contributed by atoms with Crippen LogP contribution in [0.5, 0.6) is 11.5 Å². The molecule has 208 valence electrons. The Balaban J connectivity index is 1.16. The highest BCUT2D eigenvalue weighted by Gasteiger charge is 2.43. The summed E-state index contributed by atoms with van der Waals surface area (Å²) in [5, 5.41) is 27.7. The Morgan fingerprint density at radius 2 is 1.40 bits per heavy atom. The lowest BCUT2D eigenvalue weighted by molar-refractivity contribution is 0.0637. The predicted molar refractivity (Wildman–Crippen MR) is 159 cm³/mol. The molecule has 0 aliphatic carbocycles. The molecule has 10 nitrogen and oxygen atoms in total. The number of rotatable bonds is 4. The summed E-state index contributed by atoms with van der Waals surface area (Å²) in [6.45, 7) is 0. The molecule has 4 heterocycles. The molecule has 0 spiro atoms. The van der Waals surface area contributed by atoms with Crippen molar-refractivity contribution in [1.82, 2.24) is 5.32 Å². The molecular formula is C30H20Cl2N6O4. The quantitative estimate of drug-likeness (QED) is 0.307. The molecule has 1 unspecified atom stereocenters. The van der Waals surface area contributed by atoms with Gasteiger partial charge in [0.15, 0.2) is 6.23 Å². The molecule has 0 amide bonds. The highest BCUT2D eigenvalue weighted by atomic mass is 35.5. The lowest BCUT2D eigenvalue weighted by Crippen LogP contribution is -2.49. The van der Waals surface area contributed by atoms with E-state index in [1.165, 1.54) is 6.07 Å². The van der Waals surface area contributed by atoms with Gasteiger partial charge in [0.05, 0.1) is 32.5 Å². The first-order valence-electron chi connectivity index (χ1n) is 13.0. The van der Waals surface area contributed by atoms with Crippen molar-refractivity contribution in [1.29, 1.82) is 0 Å². The summed E-state index contributed by atoms with van der Waals surface area (Å²) in [5.74, 6) is 1.26. The van der Waals surface area contributed by atoms with Gasteiger partial charge in [0.2, 0.25) is 11.8 Å². The Hall–Kier alpha value is -4.77. The standard InChI is InChI=1S/C30H20Cl2N6O4/c31-19-12-14-22(18-15-33-29-37(24(18)19)35-26(41-29)16-7-3-1-4-8-16)40-28-23-21(39)13-11-20(32)25(23)38-30(34-28)42-27(36-38)17-9-5-2-6-10-17/h1-15,28-30,34,39H/t28?,29-,30+/m0/s1. The lowest BCUT2D eigenvalue weighted by atomic mass is 10.1. The smallest absolute Gasteiger partial charge is 0.291 e. The minimum absolute atomic E-state index is 0.0182. The van der Waals surface area contributed by atoms with Gasteiger partial charge in [-0.25, -0.2) is 15.3 Å². The Labute approximate surface area is 249 Å². The fourth-order valence-electron chi connectivity index (χ4n) is 5.25. The summed E-state index contributed by atoms with van der Waals surface area (Å²) in [4.78, 5) is 4.56. The molecule has 4 aromatic rings. The molecule has 3 atom stereocenters. The van der Waals surface area contributed by atoms with Gasteiger partial charge in [-0.1, -0.05) is 59.6 Å². The molecule has 8 rings (SSSR count). The van der Waals surface area contributed by atoms with Crippen LogP contribution in [0.4, 0.5) is 11.4 Å². The number of ether oxygens (including phenoxy) is 3. The maximum Gasteiger partial charge on any atom is 0.291 e. The number of nitrogens with zero attached hydrogens (tertiary/aromatic N) is 5. The third-order valence-electron chi connectivity index (χ3n) is 7.17. The summed E-state index contributed by atoms with van der Waals surface area (Å²) in [5.41, 5.74) is 3.67. The topological polar surface area (TPSA) is 104 Å². The lowest BCUT2D eigenvalue weighted by Gasteiger charge is -2.36. The number of anilines is 2. The highest BCUT2D eigenvalue weighted by molar-refractivity contribution is 6.34. The molecular weight excluding hydrogens is 579 g/mol. The van der Waals surface area contributed by atoms with E-state index in [4.69, 9.17) is 37.4 Å². The zero-order valence-electron chi connectivity index (χ0n) is 21.6. The van der Waals surface area contributed by atoms with Crippen LogP contribution < -0.4 is 20.1 Å². The number of phenols is 1. The van der Waals surface area contributed by atoms with Gasteiger partial charge in [-0.2, -0.15) is 5.01 Å². The summed E-state index contributed by atoms with van der Waals surface area (Å²) in [6.07, 6.45) is -0.675. The SMILES string of the molecule is Oc1ccc(Cl)c2c1C(Oc1ccc(Cl)c3c1C=N[C@@H]1OC(c4ccccc4)=NN31)N[C@H]1OC(c3ccccc3)=NN21. The molecule has 2 N–H and O–H groups in total. The van der Waals surface area contributed by atoms with Crippen LogP contribution in [-0.2, 0) is 9.47 Å². The number of benzene rings is 4. The summed E-state index contributed by atoms with van der Waals surface area (Å²) in [7, 11) is 0. The molecule has 4 aliphatic rings. The van der Waals surface area contributed by atoms with E-state index in [9.17, 15) is 5.11 Å². The Kier molecular flexibility index (Phi) is 5.74. The van der Waals surface area contributed by atoms with Crippen molar-refractivity contribution < 1.29 is 19.3 Å². The van der Waals surface area contributed by atoms with Crippen molar-refractivity contribution in [2.24, 2.45) is 15.2 Å². The van der Waals surface area contributed by atoms with Gasteiger partial charge in [-0.15, -0.1) is 10.2 Å². The van der Waals surface area contributed by atoms with Crippen molar-refractivity contribution >= 4 is 52.6 Å². The highest BCUT2D eigenvalue weighted by Crippen LogP contribution is 2.47. The van der Waals surface area contributed by atoms with Crippen LogP contribution in [-0.4, -0.2) is 35.8 Å². The maximum atomic E-state index is 11.0. The van der Waals surface area contributed by atoms with E-state index >= 15 is 0 Å². The predicted octanol–water partition coefficient (Wildman–Crippen LogP) is 5.78. The fourth-order valence-corrected chi connectivity index (χ4v) is 5.75. The van der Waals surface area contributed by atoms with Gasteiger partial charge >= 0.3 is 0 Å². The normalized spacial score (nSPS) is 21.3. The number of hydrogen-bond donors (Lipinski definition) is 2. The number of hydrazone groups is 2. The van der Waals surface area contributed by atoms with Crippen molar-refractivity contribution in [3.8, 4) is 11.5 Å². The second-order valence-electron chi connectivity index (χ2n) is 9.73. The molecule has 42 heavy (non-hydrogen) atoms. The van der Waals surface area contributed by atoms with Crippen molar-refractivity contribution in [3.63, 3.8) is 0 Å². The third-order valence-corrected chi connectivity index (χ3v) is 7.78. The van der Waals surface area contributed by atoms with E-state index in [-0.39, 0.29) is 5.75 Å². The van der Waals surface area contributed by atoms with Crippen LogP contribution in [0.3, 0.4) is 0 Å². The second kappa shape index (κ2) is 9.66. The summed E-state index contributed by atoms with van der Waals surface area (Å²) < 4.78 is 18.7. The van der Waals surface area contributed by atoms with Crippen LogP contribution in [0.15, 0.2) is 100 Å². The molecule has 0 bridgehead atoms. The van der Waals surface area contributed by atoms with Crippen LogP contribution in [0.1, 0.15) is 28.5 Å². The average molecular weight is 599 g/mol. The molecule has 12 heteroatoms. The molecule has 0 fully saturated rings. The number of hydrogen-bond acceptors (Lipinski definition) is 10. The van der Waals surface area contributed by atoms with Crippen LogP contribution in [0.25, 0.3) is 0 Å². The number of aromatic hydroxyl groups is 1. The van der Waals surface area contributed by atoms with Gasteiger partial charge in [0.1, 0.15) is 11.5 Å². The van der Waals surface area contributed by atoms with Gasteiger partial charge in [-0.3, -0.25) is 0 Å². The van der Waals surface area contributed by atoms with Crippen LogP contribution in [0.2, 0.25) is 10.0 Å². The molecule has 0 radical (unpaired) electrons. The van der Waals surface area contributed by atoms with Crippen LogP contribution in [0, 0.1) is 0 Å². The first-order chi connectivity index (χ1) is 20.5. The number of phenolic OH excluding ortho intramolecular Hbond substituents is 1. The maximum absolute atomic E-state index is 11.0. The molecule has 4 aliphatic heterocycles. The number of nitrogens with one attached hydrogen (secondary N) is 1. The minimum atomic E-state index is -0.875. The van der Waals surface area contributed by atoms with E-state index in [0.29, 0.717) is 50.1 Å². The van der Waals surface area contributed by atoms with Gasteiger partial charge in [-0.05, 0) is 48.5 Å². The van der Waals surface area contributed by atoms with E-state index < -0.39 is 18.9 Å². The zero-order valence-corrected chi connectivity index (χ0v) is 23.1. The number of halogens is 2. The van der Waals surface area contributed by atoms with Crippen molar-refractivity contribution in [3.05, 3.63) is 117 Å². The van der Waals surface area contributed by atoms with Gasteiger partial charge in [0, 0.05) is 17.3 Å². The second-order valence-corrected chi connectivity index (χ2v) is 10.5. The number of aliphatic imine (C=N–C) groups is 1. The average Bonchev–Trinajstić information content (AvgIpc) is 3.65. The van der Waals surface area contributed by atoms with Gasteiger partial charge in [0.25, 0.3) is 12.7 Å². The Morgan fingerprint density at radius 1 is 0.762 bits per heavy atom. The monoisotopic (exact) mass is 598 g/mol. The molecule has 0 saturated carbocycles. The minimum Gasteiger partial charge on any atom is -0.507 e. The van der Waals surface area contributed by atoms with Crippen molar-refractivity contribution in [2.45, 2.75) is 18.9 Å².